The van der Waals surface area contributed by atoms with E-state index in [9.17, 15) is 28.8 Å². The van der Waals surface area contributed by atoms with Gasteiger partial charge < -0.3 is 86.5 Å². The van der Waals surface area contributed by atoms with Crippen LogP contribution in [0.3, 0.4) is 0 Å². The molecule has 2 saturated carbocycles. The number of esters is 6. The number of carbonyl (C=O) groups excluding carboxylic acids is 6. The van der Waals surface area contributed by atoms with Gasteiger partial charge in [0.1, 0.15) is 49.3 Å². The molecular formula is C36H58F2N6O17. The third-order valence-corrected chi connectivity index (χ3v) is 10.6. The lowest BCUT2D eigenvalue weighted by Gasteiger charge is -2.49. The molecule has 2 saturated heterocycles. The molecule has 18 atom stereocenters. The second kappa shape index (κ2) is 21.1. The van der Waals surface area contributed by atoms with Gasteiger partial charge in [-0.25, -0.2) is 0 Å². The first-order chi connectivity index (χ1) is 28.5. The van der Waals surface area contributed by atoms with E-state index in [0.29, 0.717) is 0 Å². The second-order valence-electron chi connectivity index (χ2n) is 15.4. The van der Waals surface area contributed by atoms with Crippen molar-refractivity contribution in [1.29, 1.82) is 0 Å². The van der Waals surface area contributed by atoms with Crippen molar-refractivity contribution in [1.82, 2.24) is 0 Å². The van der Waals surface area contributed by atoms with Crippen LogP contribution in [0, 0.1) is 5.92 Å². The van der Waals surface area contributed by atoms with Crippen LogP contribution in [0.5, 0.6) is 0 Å². The Hall–Kier alpha value is -3.76. The highest BCUT2D eigenvalue weighted by Crippen LogP contribution is 2.40. The first-order valence-corrected chi connectivity index (χ1v) is 19.6. The monoisotopic (exact) mass is 884 g/mol. The lowest BCUT2D eigenvalue weighted by atomic mass is 9.79. The Bertz CT molecular complexity index is 1590. The van der Waals surface area contributed by atoms with Crippen molar-refractivity contribution in [2.45, 2.75) is 164 Å². The van der Waals surface area contributed by atoms with Gasteiger partial charge in [-0.05, 0) is 19.4 Å². The maximum absolute atomic E-state index is 15.4. The molecule has 25 heteroatoms. The van der Waals surface area contributed by atoms with Crippen molar-refractivity contribution in [2.24, 2.45) is 40.3 Å². The maximum Gasteiger partial charge on any atom is 0.312 e. The standard InChI is InChI=1S/C36H58F2N6O17/c1-12(45)51-11-22-29(57-21-7-18(9-39)26(52-13(2)46)30(24(21)43)54-15(4)48)32(55-16(5)49)35(58-22)61-31-27(53-14(3)47)19(41)8-20(42)28(31)60-34-25(44)33(56-17(6)50)36(37,38)23(10-40)59-34/h18-35H,7-11,39-44H2,1-6H3/t18-,19+,20-,21-,22+,23+,24-,25+,26+,27-,28+,29+,30+,31+,32+,33+,34+,35-/m0/s1. The summed E-state index contributed by atoms with van der Waals surface area (Å²) in [7, 11) is 0. The lowest BCUT2D eigenvalue weighted by Crippen LogP contribution is -2.70. The minimum absolute atomic E-state index is 0.0120. The number of hydrogen-bond acceptors (Lipinski definition) is 23. The molecule has 2 aliphatic heterocycles. The predicted molar refractivity (Wildman–Crippen MR) is 198 cm³/mol. The van der Waals surface area contributed by atoms with Crippen molar-refractivity contribution < 1.29 is 89.7 Å². The number of nitrogens with two attached hydrogens (primary N) is 6. The molecule has 23 nitrogen and oxygen atoms in total. The number of ether oxygens (including phenoxy) is 11. The van der Waals surface area contributed by atoms with Crippen molar-refractivity contribution in [3.63, 3.8) is 0 Å². The SMILES string of the molecule is CC(=O)OC[C@H]1O[C@@H](O[C@@H]2[C@@H](OC(C)=O)[C@H](N)C[C@H](N)[C@H]2O[C@H]2O[C@H](CN)C(F)(F)[C@H](OC(C)=O)[C@H]2N)[C@H](OC(C)=O)[C@@H]1O[C@H]1C[C@@H](CN)[C@@H](OC(C)=O)[C@H](OC(C)=O)[C@H]1N. The maximum atomic E-state index is 15.4. The van der Waals surface area contributed by atoms with Gasteiger partial charge >= 0.3 is 41.7 Å². The van der Waals surface area contributed by atoms with Gasteiger partial charge in [0, 0.05) is 66.1 Å². The van der Waals surface area contributed by atoms with E-state index in [4.69, 9.17) is 86.5 Å². The van der Waals surface area contributed by atoms with E-state index in [-0.39, 0.29) is 19.4 Å². The molecule has 4 rings (SSSR count). The number of hydrogen-bond donors (Lipinski definition) is 6. The van der Waals surface area contributed by atoms with Crippen LogP contribution >= 0.6 is 0 Å². The van der Waals surface area contributed by atoms with Crippen molar-refractivity contribution in [3.8, 4) is 0 Å². The smallest absolute Gasteiger partial charge is 0.312 e. The fourth-order valence-electron chi connectivity index (χ4n) is 8.02. The van der Waals surface area contributed by atoms with Crippen molar-refractivity contribution in [3.05, 3.63) is 0 Å². The van der Waals surface area contributed by atoms with Gasteiger partial charge in [-0.3, -0.25) is 28.8 Å². The second-order valence-corrected chi connectivity index (χ2v) is 15.4. The van der Waals surface area contributed by atoms with Gasteiger partial charge in [-0.15, -0.1) is 0 Å². The fraction of sp³-hybridized carbons (Fsp3) is 0.833. The zero-order valence-corrected chi connectivity index (χ0v) is 34.6. The minimum atomic E-state index is -3.86. The first-order valence-electron chi connectivity index (χ1n) is 19.6. The molecule has 2 aliphatic carbocycles. The van der Waals surface area contributed by atoms with Crippen LogP contribution in [0.15, 0.2) is 0 Å². The van der Waals surface area contributed by atoms with Crippen LogP contribution in [0.1, 0.15) is 54.4 Å². The fourth-order valence-corrected chi connectivity index (χ4v) is 8.02. The molecule has 61 heavy (non-hydrogen) atoms. The van der Waals surface area contributed by atoms with Crippen LogP contribution in [0.2, 0.25) is 0 Å². The zero-order chi connectivity index (χ0) is 45.7. The Morgan fingerprint density at radius 3 is 1.62 bits per heavy atom. The molecule has 0 unspecified atom stereocenters. The molecule has 0 aromatic carbocycles. The Kier molecular flexibility index (Phi) is 17.2. The lowest BCUT2D eigenvalue weighted by molar-refractivity contribution is -0.335. The Balaban J connectivity index is 1.75. The van der Waals surface area contributed by atoms with E-state index < -0.39 is 165 Å². The number of carbonyl (C=O) groups is 6. The Morgan fingerprint density at radius 1 is 0.557 bits per heavy atom. The third kappa shape index (κ3) is 12.0. The van der Waals surface area contributed by atoms with Crippen LogP contribution in [0.25, 0.3) is 0 Å². The number of rotatable bonds is 15. The van der Waals surface area contributed by atoms with Crippen LogP contribution in [0.4, 0.5) is 8.78 Å². The quantitative estimate of drug-likeness (QED) is 0.0685. The zero-order valence-electron chi connectivity index (χ0n) is 34.6. The summed E-state index contributed by atoms with van der Waals surface area (Å²) in [6.45, 7) is 5.09. The summed E-state index contributed by atoms with van der Waals surface area (Å²) in [5, 5.41) is 0. The summed E-state index contributed by atoms with van der Waals surface area (Å²) in [6.07, 6.45) is -20.1. The largest absolute Gasteiger partial charge is 0.463 e. The normalized spacial score (nSPS) is 39.6. The third-order valence-electron chi connectivity index (χ3n) is 10.6. The van der Waals surface area contributed by atoms with Crippen molar-refractivity contribution >= 4 is 35.8 Å². The molecule has 0 radical (unpaired) electrons. The Labute approximate surface area is 349 Å². The summed E-state index contributed by atoms with van der Waals surface area (Å²) in [5.41, 5.74) is 37.5. The van der Waals surface area contributed by atoms with Gasteiger partial charge in [-0.2, -0.15) is 8.78 Å². The molecule has 0 aromatic heterocycles. The van der Waals surface area contributed by atoms with Gasteiger partial charge in [0.25, 0.3) is 0 Å². The number of alkyl halides is 2. The van der Waals surface area contributed by atoms with Crippen molar-refractivity contribution in [2.75, 3.05) is 19.7 Å². The average Bonchev–Trinajstić information content (AvgIpc) is 3.45. The highest BCUT2D eigenvalue weighted by molar-refractivity contribution is 5.68. The summed E-state index contributed by atoms with van der Waals surface area (Å²) in [4.78, 5) is 73.4. The van der Waals surface area contributed by atoms with E-state index in [1.807, 2.05) is 0 Å². The molecular weight excluding hydrogens is 826 g/mol. The van der Waals surface area contributed by atoms with Crippen LogP contribution < -0.4 is 34.4 Å². The molecule has 2 heterocycles. The topological polar surface area (TPSA) is 360 Å². The Morgan fingerprint density at radius 2 is 1.08 bits per heavy atom. The van der Waals surface area contributed by atoms with Gasteiger partial charge in [-0.1, -0.05) is 0 Å². The van der Waals surface area contributed by atoms with E-state index in [1.54, 1.807) is 0 Å². The van der Waals surface area contributed by atoms with E-state index in [0.717, 1.165) is 41.5 Å². The molecule has 348 valence electrons. The summed E-state index contributed by atoms with van der Waals surface area (Å²) >= 11 is 0. The average molecular weight is 885 g/mol. The van der Waals surface area contributed by atoms with Crippen LogP contribution in [-0.4, -0.2) is 165 Å². The molecule has 0 bridgehead atoms. The van der Waals surface area contributed by atoms with E-state index in [1.165, 1.54) is 0 Å². The molecule has 0 spiro atoms. The van der Waals surface area contributed by atoms with Gasteiger partial charge in [0.2, 0.25) is 0 Å². The summed E-state index contributed by atoms with van der Waals surface area (Å²) in [6, 6.07) is -5.20. The molecule has 0 amide bonds. The van der Waals surface area contributed by atoms with Crippen LogP contribution in [-0.2, 0) is 80.9 Å². The van der Waals surface area contributed by atoms with Gasteiger partial charge in [0.05, 0.1) is 18.2 Å². The first kappa shape index (κ1) is 49.9. The highest BCUT2D eigenvalue weighted by atomic mass is 19.3. The summed E-state index contributed by atoms with van der Waals surface area (Å²) < 4.78 is 94.1. The predicted octanol–water partition coefficient (Wildman–Crippen LogP) is -3.53. The molecule has 0 aromatic rings. The van der Waals surface area contributed by atoms with E-state index in [2.05, 4.69) is 0 Å². The highest BCUT2D eigenvalue weighted by Gasteiger charge is 2.61. The minimum Gasteiger partial charge on any atom is -0.463 e. The number of halogens is 2. The summed E-state index contributed by atoms with van der Waals surface area (Å²) in [5.74, 6) is -9.52. The molecule has 12 N–H and O–H groups in total. The van der Waals surface area contributed by atoms with E-state index >= 15 is 8.78 Å². The van der Waals surface area contributed by atoms with Gasteiger partial charge in [0.15, 0.2) is 30.9 Å². The molecule has 4 fully saturated rings. The molecule has 4 aliphatic rings.